The zero-order chi connectivity index (χ0) is 14.3. The minimum Gasteiger partial charge on any atom is -0.348 e. The minimum absolute atomic E-state index is 0.0111. The van der Waals surface area contributed by atoms with Crippen LogP contribution in [0.3, 0.4) is 0 Å². The minimum atomic E-state index is -0.358. The molecule has 3 heteroatoms. The standard InChI is InChI=1S/C18H22O3/c19-10-9-17-7-8-18(20-11-12-21-18)13-15(17)6-5-14-3-1-2-4-16(14)17/h1-4,10,15H,5-9,11-13H2/t15-,17-/m1/s1. The molecule has 1 aromatic carbocycles. The topological polar surface area (TPSA) is 35.5 Å². The Morgan fingerprint density at radius 1 is 1.19 bits per heavy atom. The van der Waals surface area contributed by atoms with Gasteiger partial charge in [0.2, 0.25) is 0 Å². The lowest BCUT2D eigenvalue weighted by atomic mass is 9.55. The molecule has 2 atom stereocenters. The summed E-state index contributed by atoms with van der Waals surface area (Å²) in [5, 5.41) is 0. The van der Waals surface area contributed by atoms with Crippen molar-refractivity contribution in [2.24, 2.45) is 5.92 Å². The molecule has 2 aliphatic carbocycles. The van der Waals surface area contributed by atoms with E-state index in [1.54, 1.807) is 0 Å². The molecule has 3 aliphatic rings. The van der Waals surface area contributed by atoms with Crippen LogP contribution in [0.1, 0.15) is 43.2 Å². The van der Waals surface area contributed by atoms with Crippen LogP contribution in [-0.4, -0.2) is 25.3 Å². The van der Waals surface area contributed by atoms with Crippen molar-refractivity contribution in [2.45, 2.75) is 49.7 Å². The molecule has 1 saturated carbocycles. The van der Waals surface area contributed by atoms with E-state index in [1.165, 1.54) is 11.1 Å². The largest absolute Gasteiger partial charge is 0.348 e. The van der Waals surface area contributed by atoms with E-state index < -0.39 is 0 Å². The van der Waals surface area contributed by atoms with Gasteiger partial charge >= 0.3 is 0 Å². The van der Waals surface area contributed by atoms with Crippen molar-refractivity contribution >= 4 is 6.29 Å². The number of ether oxygens (including phenoxy) is 2. The SMILES string of the molecule is O=CC[C@]12CCC3(C[C@H]1CCc1ccccc12)OCCO3. The van der Waals surface area contributed by atoms with E-state index in [9.17, 15) is 4.79 Å². The van der Waals surface area contributed by atoms with Crippen molar-refractivity contribution in [1.29, 1.82) is 0 Å². The Morgan fingerprint density at radius 3 is 2.81 bits per heavy atom. The van der Waals surface area contributed by atoms with Crippen LogP contribution < -0.4 is 0 Å². The third kappa shape index (κ3) is 1.98. The second-order valence-electron chi connectivity index (χ2n) is 6.73. The van der Waals surface area contributed by atoms with E-state index in [4.69, 9.17) is 9.47 Å². The molecule has 4 rings (SSSR count). The van der Waals surface area contributed by atoms with E-state index in [1.807, 2.05) is 0 Å². The van der Waals surface area contributed by atoms with Gasteiger partial charge in [-0.1, -0.05) is 24.3 Å². The molecule has 112 valence electrons. The van der Waals surface area contributed by atoms with Crippen molar-refractivity contribution in [2.75, 3.05) is 13.2 Å². The molecule has 0 N–H and O–H groups in total. The van der Waals surface area contributed by atoms with Crippen LogP contribution in [0.15, 0.2) is 24.3 Å². The molecular formula is C18H22O3. The summed E-state index contributed by atoms with van der Waals surface area (Å²) in [5.41, 5.74) is 2.85. The van der Waals surface area contributed by atoms with Gasteiger partial charge in [-0.25, -0.2) is 0 Å². The highest BCUT2D eigenvalue weighted by Crippen LogP contribution is 2.55. The van der Waals surface area contributed by atoms with Crippen molar-refractivity contribution < 1.29 is 14.3 Å². The lowest BCUT2D eigenvalue weighted by molar-refractivity contribution is -0.200. The van der Waals surface area contributed by atoms with Gasteiger partial charge in [0.15, 0.2) is 5.79 Å². The number of carbonyl (C=O) groups is 1. The van der Waals surface area contributed by atoms with Gasteiger partial charge in [-0.3, -0.25) is 0 Å². The molecule has 1 spiro atoms. The van der Waals surface area contributed by atoms with E-state index in [2.05, 4.69) is 24.3 Å². The van der Waals surface area contributed by atoms with E-state index >= 15 is 0 Å². The number of hydrogen-bond donors (Lipinski definition) is 0. The van der Waals surface area contributed by atoms with Crippen molar-refractivity contribution in [3.8, 4) is 0 Å². The smallest absolute Gasteiger partial charge is 0.168 e. The third-order valence-electron chi connectivity index (χ3n) is 5.87. The molecule has 0 amide bonds. The summed E-state index contributed by atoms with van der Waals surface area (Å²) in [6.07, 6.45) is 6.83. The number of aryl methyl sites for hydroxylation is 1. The van der Waals surface area contributed by atoms with Crippen LogP contribution in [0.2, 0.25) is 0 Å². The fourth-order valence-corrected chi connectivity index (χ4v) is 4.86. The number of aldehydes is 1. The zero-order valence-corrected chi connectivity index (χ0v) is 12.3. The molecule has 1 heterocycles. The maximum Gasteiger partial charge on any atom is 0.168 e. The van der Waals surface area contributed by atoms with Gasteiger partial charge in [0.1, 0.15) is 6.29 Å². The predicted molar refractivity (Wildman–Crippen MR) is 79.1 cm³/mol. The Morgan fingerprint density at radius 2 is 2.00 bits per heavy atom. The first-order valence-corrected chi connectivity index (χ1v) is 8.08. The number of fused-ring (bicyclic) bond motifs is 3. The summed E-state index contributed by atoms with van der Waals surface area (Å²) >= 11 is 0. The second kappa shape index (κ2) is 4.92. The number of benzene rings is 1. The molecule has 21 heavy (non-hydrogen) atoms. The summed E-state index contributed by atoms with van der Waals surface area (Å²) < 4.78 is 11.9. The number of hydrogen-bond acceptors (Lipinski definition) is 3. The highest BCUT2D eigenvalue weighted by Gasteiger charge is 2.53. The molecule has 2 fully saturated rings. The highest BCUT2D eigenvalue weighted by atomic mass is 16.7. The van der Waals surface area contributed by atoms with E-state index in [-0.39, 0.29) is 11.2 Å². The summed E-state index contributed by atoms with van der Waals surface area (Å²) in [4.78, 5) is 11.4. The summed E-state index contributed by atoms with van der Waals surface area (Å²) in [7, 11) is 0. The normalized spacial score (nSPS) is 33.4. The van der Waals surface area contributed by atoms with Crippen LogP contribution in [0.4, 0.5) is 0 Å². The average molecular weight is 286 g/mol. The van der Waals surface area contributed by atoms with Gasteiger partial charge < -0.3 is 14.3 Å². The Labute approximate surface area is 125 Å². The molecule has 0 radical (unpaired) electrons. The summed E-state index contributed by atoms with van der Waals surface area (Å²) in [6, 6.07) is 8.69. The third-order valence-corrected chi connectivity index (χ3v) is 5.87. The molecule has 1 aromatic rings. The molecule has 0 bridgehead atoms. The number of carbonyl (C=O) groups excluding carboxylic acids is 1. The summed E-state index contributed by atoms with van der Waals surface area (Å²) in [6.45, 7) is 1.42. The molecule has 3 nitrogen and oxygen atoms in total. The molecular weight excluding hydrogens is 264 g/mol. The first-order chi connectivity index (χ1) is 10.3. The fourth-order valence-electron chi connectivity index (χ4n) is 4.86. The first kappa shape index (κ1) is 13.5. The first-order valence-electron chi connectivity index (χ1n) is 8.08. The summed E-state index contributed by atoms with van der Waals surface area (Å²) in [5.74, 6) is 0.132. The maximum absolute atomic E-state index is 11.4. The van der Waals surface area contributed by atoms with E-state index in [0.29, 0.717) is 25.6 Å². The molecule has 0 unspecified atom stereocenters. The molecule has 1 saturated heterocycles. The monoisotopic (exact) mass is 286 g/mol. The van der Waals surface area contributed by atoms with Crippen LogP contribution >= 0.6 is 0 Å². The van der Waals surface area contributed by atoms with Gasteiger partial charge in [-0.05, 0) is 36.3 Å². The van der Waals surface area contributed by atoms with Gasteiger partial charge in [-0.15, -0.1) is 0 Å². The Kier molecular flexibility index (Phi) is 3.16. The van der Waals surface area contributed by atoms with Gasteiger partial charge in [-0.2, -0.15) is 0 Å². The zero-order valence-electron chi connectivity index (χ0n) is 12.3. The van der Waals surface area contributed by atoms with Crippen LogP contribution in [-0.2, 0) is 26.1 Å². The Hall–Kier alpha value is -1.19. The van der Waals surface area contributed by atoms with E-state index in [0.717, 1.165) is 38.4 Å². The average Bonchev–Trinajstić information content (AvgIpc) is 2.97. The van der Waals surface area contributed by atoms with Crippen LogP contribution in [0.25, 0.3) is 0 Å². The number of rotatable bonds is 2. The predicted octanol–water partition coefficient (Wildman–Crippen LogP) is 3.00. The lowest BCUT2D eigenvalue weighted by Gasteiger charge is -2.52. The van der Waals surface area contributed by atoms with Gasteiger partial charge in [0.05, 0.1) is 13.2 Å². The highest BCUT2D eigenvalue weighted by molar-refractivity contribution is 5.55. The van der Waals surface area contributed by atoms with Crippen LogP contribution in [0, 0.1) is 5.92 Å². The fraction of sp³-hybridized carbons (Fsp3) is 0.611. The lowest BCUT2D eigenvalue weighted by Crippen LogP contribution is -2.50. The van der Waals surface area contributed by atoms with Crippen molar-refractivity contribution in [1.82, 2.24) is 0 Å². The Bertz CT molecular complexity index is 547. The van der Waals surface area contributed by atoms with Crippen molar-refractivity contribution in [3.63, 3.8) is 0 Å². The van der Waals surface area contributed by atoms with Crippen LogP contribution in [0.5, 0.6) is 0 Å². The van der Waals surface area contributed by atoms with Crippen molar-refractivity contribution in [3.05, 3.63) is 35.4 Å². The quantitative estimate of drug-likeness (QED) is 0.784. The maximum atomic E-state index is 11.4. The molecule has 0 aromatic heterocycles. The van der Waals surface area contributed by atoms with Gasteiger partial charge in [0, 0.05) is 24.7 Å². The molecule has 1 aliphatic heterocycles. The second-order valence-corrected chi connectivity index (χ2v) is 6.73. The Balaban J connectivity index is 1.74. The van der Waals surface area contributed by atoms with Gasteiger partial charge in [0.25, 0.3) is 0 Å².